The number of carboxylic acids is 2. The van der Waals surface area contributed by atoms with E-state index in [1.165, 1.54) is 0 Å². The van der Waals surface area contributed by atoms with Gasteiger partial charge < -0.3 is 10.2 Å². The SMILES string of the molecule is CCC(CCC(CCNNN)C(=O)O)C(=O)O. The Labute approximate surface area is 100 Å². The molecule has 0 fully saturated rings. The summed E-state index contributed by atoms with van der Waals surface area (Å²) < 4.78 is 0. The second-order valence-electron chi connectivity index (χ2n) is 3.92. The Morgan fingerprint density at radius 1 is 1.12 bits per heavy atom. The lowest BCUT2D eigenvalue weighted by Gasteiger charge is -2.15. The summed E-state index contributed by atoms with van der Waals surface area (Å²) in [5, 5.41) is 17.8. The molecule has 0 aliphatic carbocycles. The lowest BCUT2D eigenvalue weighted by Crippen LogP contribution is -2.39. The average molecular weight is 247 g/mol. The second-order valence-corrected chi connectivity index (χ2v) is 3.92. The molecule has 2 atom stereocenters. The van der Waals surface area contributed by atoms with Crippen LogP contribution in [0.3, 0.4) is 0 Å². The van der Waals surface area contributed by atoms with E-state index in [1.54, 1.807) is 6.92 Å². The van der Waals surface area contributed by atoms with Gasteiger partial charge in [0.25, 0.3) is 0 Å². The van der Waals surface area contributed by atoms with E-state index in [0.29, 0.717) is 32.2 Å². The molecule has 7 nitrogen and oxygen atoms in total. The predicted octanol–water partition coefficient (Wildman–Crippen LogP) is -0.0638. The van der Waals surface area contributed by atoms with Crippen LogP contribution in [0.4, 0.5) is 0 Å². The Morgan fingerprint density at radius 2 is 1.65 bits per heavy atom. The summed E-state index contributed by atoms with van der Waals surface area (Å²) in [7, 11) is 0. The molecule has 0 aliphatic heterocycles. The molecule has 17 heavy (non-hydrogen) atoms. The number of nitrogens with one attached hydrogen (secondary N) is 2. The Balaban J connectivity index is 4.07. The van der Waals surface area contributed by atoms with Gasteiger partial charge in [-0.2, -0.15) is 5.53 Å². The number of hydrogen-bond donors (Lipinski definition) is 5. The summed E-state index contributed by atoms with van der Waals surface area (Å²) in [5.74, 6) is 2.23. The maximum absolute atomic E-state index is 10.9. The quantitative estimate of drug-likeness (QED) is 0.208. The van der Waals surface area contributed by atoms with Crippen molar-refractivity contribution in [3.63, 3.8) is 0 Å². The fourth-order valence-corrected chi connectivity index (χ4v) is 1.61. The van der Waals surface area contributed by atoms with Crippen molar-refractivity contribution in [2.45, 2.75) is 32.6 Å². The predicted molar refractivity (Wildman–Crippen MR) is 61.7 cm³/mol. The fraction of sp³-hybridized carbons (Fsp3) is 0.800. The number of hydrazine groups is 2. The molecule has 0 bridgehead atoms. The van der Waals surface area contributed by atoms with Gasteiger partial charge in [-0.15, -0.1) is 0 Å². The molecule has 0 aromatic rings. The first-order chi connectivity index (χ1) is 8.02. The Kier molecular flexibility index (Phi) is 8.29. The monoisotopic (exact) mass is 247 g/mol. The topological polar surface area (TPSA) is 125 Å². The van der Waals surface area contributed by atoms with Gasteiger partial charge in [0.05, 0.1) is 11.8 Å². The summed E-state index contributed by atoms with van der Waals surface area (Å²) in [5.41, 5.74) is 4.83. The number of aliphatic carboxylic acids is 2. The van der Waals surface area contributed by atoms with Gasteiger partial charge >= 0.3 is 11.9 Å². The van der Waals surface area contributed by atoms with Crippen LogP contribution in [0.15, 0.2) is 0 Å². The van der Waals surface area contributed by atoms with Crippen molar-refractivity contribution in [1.29, 1.82) is 0 Å². The van der Waals surface area contributed by atoms with Gasteiger partial charge in [-0.05, 0) is 25.7 Å². The molecule has 0 aliphatic rings. The molecule has 0 aromatic heterocycles. The number of nitrogens with two attached hydrogens (primary N) is 1. The van der Waals surface area contributed by atoms with Gasteiger partial charge in [0.1, 0.15) is 0 Å². The van der Waals surface area contributed by atoms with Gasteiger partial charge in [-0.25, -0.2) is 5.43 Å². The molecular formula is C10H21N3O4. The van der Waals surface area contributed by atoms with Crippen molar-refractivity contribution in [1.82, 2.24) is 11.0 Å². The smallest absolute Gasteiger partial charge is 0.306 e. The number of carbonyl (C=O) groups is 2. The third-order valence-corrected chi connectivity index (χ3v) is 2.77. The molecule has 0 heterocycles. The van der Waals surface area contributed by atoms with E-state index in [4.69, 9.17) is 16.1 Å². The molecule has 7 heteroatoms. The molecule has 0 amide bonds. The van der Waals surface area contributed by atoms with Crippen molar-refractivity contribution >= 4 is 11.9 Å². The van der Waals surface area contributed by atoms with Crippen molar-refractivity contribution in [3.05, 3.63) is 0 Å². The first kappa shape index (κ1) is 15.8. The highest BCUT2D eigenvalue weighted by atomic mass is 16.4. The summed E-state index contributed by atoms with van der Waals surface area (Å²) in [6, 6.07) is 0. The van der Waals surface area contributed by atoms with Crippen molar-refractivity contribution < 1.29 is 19.8 Å². The zero-order valence-corrected chi connectivity index (χ0v) is 9.98. The van der Waals surface area contributed by atoms with E-state index in [0.717, 1.165) is 0 Å². The van der Waals surface area contributed by atoms with Gasteiger partial charge in [0.2, 0.25) is 0 Å². The van der Waals surface area contributed by atoms with E-state index in [9.17, 15) is 9.59 Å². The molecular weight excluding hydrogens is 226 g/mol. The highest BCUT2D eigenvalue weighted by molar-refractivity contribution is 5.71. The van der Waals surface area contributed by atoms with Crippen LogP contribution in [0, 0.1) is 11.8 Å². The number of rotatable bonds is 10. The Hall–Kier alpha value is -1.18. The normalized spacial score (nSPS) is 14.2. The summed E-state index contributed by atoms with van der Waals surface area (Å²) >= 11 is 0. The maximum Gasteiger partial charge on any atom is 0.306 e. The Bertz CT molecular complexity index is 248. The molecule has 6 N–H and O–H groups in total. The molecule has 0 radical (unpaired) electrons. The molecule has 0 spiro atoms. The lowest BCUT2D eigenvalue weighted by atomic mass is 9.92. The lowest BCUT2D eigenvalue weighted by molar-refractivity contribution is -0.145. The van der Waals surface area contributed by atoms with Crippen molar-refractivity contribution in [3.8, 4) is 0 Å². The highest BCUT2D eigenvalue weighted by Crippen LogP contribution is 2.18. The van der Waals surface area contributed by atoms with Gasteiger partial charge in [-0.1, -0.05) is 6.92 Å². The van der Waals surface area contributed by atoms with Crippen LogP contribution in [0.5, 0.6) is 0 Å². The van der Waals surface area contributed by atoms with Crippen LogP contribution in [0.25, 0.3) is 0 Å². The number of hydrogen-bond acceptors (Lipinski definition) is 5. The van der Waals surface area contributed by atoms with Crippen LogP contribution in [-0.4, -0.2) is 28.7 Å². The average Bonchev–Trinajstić information content (AvgIpc) is 2.26. The first-order valence-corrected chi connectivity index (χ1v) is 5.67. The molecule has 0 rings (SSSR count). The minimum atomic E-state index is -0.899. The molecule has 100 valence electrons. The zero-order valence-electron chi connectivity index (χ0n) is 9.98. The van der Waals surface area contributed by atoms with E-state index in [2.05, 4.69) is 11.0 Å². The third kappa shape index (κ3) is 6.88. The summed E-state index contributed by atoms with van der Waals surface area (Å²) in [4.78, 5) is 21.7. The maximum atomic E-state index is 10.9. The standard InChI is InChI=1S/C10H21N3O4/c1-2-7(9(14)15)3-4-8(10(16)17)5-6-12-13-11/h7-8,12-13H,2-6,11H2,1H3,(H,14,15)(H,16,17). The first-order valence-electron chi connectivity index (χ1n) is 5.67. The fourth-order valence-electron chi connectivity index (χ4n) is 1.61. The Morgan fingerprint density at radius 3 is 2.06 bits per heavy atom. The molecule has 0 aromatic carbocycles. The third-order valence-electron chi connectivity index (χ3n) is 2.77. The van der Waals surface area contributed by atoms with Crippen LogP contribution in [-0.2, 0) is 9.59 Å². The zero-order chi connectivity index (χ0) is 13.3. The molecule has 0 saturated heterocycles. The summed E-state index contributed by atoms with van der Waals surface area (Å²) in [6.07, 6.45) is 1.69. The minimum Gasteiger partial charge on any atom is -0.481 e. The van der Waals surface area contributed by atoms with Gasteiger partial charge in [-0.3, -0.25) is 15.4 Å². The van der Waals surface area contributed by atoms with Crippen molar-refractivity contribution in [2.24, 2.45) is 17.7 Å². The van der Waals surface area contributed by atoms with Gasteiger partial charge in [0, 0.05) is 6.54 Å². The van der Waals surface area contributed by atoms with Crippen LogP contribution >= 0.6 is 0 Å². The summed E-state index contributed by atoms with van der Waals surface area (Å²) in [6.45, 7) is 2.21. The van der Waals surface area contributed by atoms with Crippen molar-refractivity contribution in [2.75, 3.05) is 6.54 Å². The van der Waals surface area contributed by atoms with E-state index in [1.807, 2.05) is 0 Å². The van der Waals surface area contributed by atoms with Gasteiger partial charge in [0.15, 0.2) is 0 Å². The van der Waals surface area contributed by atoms with E-state index >= 15 is 0 Å². The van der Waals surface area contributed by atoms with Crippen LogP contribution < -0.4 is 16.8 Å². The number of carboxylic acid groups (broad SMARTS) is 2. The molecule has 0 saturated carbocycles. The van der Waals surface area contributed by atoms with E-state index in [-0.39, 0.29) is 0 Å². The largest absolute Gasteiger partial charge is 0.481 e. The van der Waals surface area contributed by atoms with Crippen LogP contribution in [0.2, 0.25) is 0 Å². The second kappa shape index (κ2) is 8.91. The van der Waals surface area contributed by atoms with Crippen LogP contribution in [0.1, 0.15) is 32.6 Å². The minimum absolute atomic E-state index is 0.367. The van der Waals surface area contributed by atoms with E-state index < -0.39 is 23.8 Å². The highest BCUT2D eigenvalue weighted by Gasteiger charge is 2.21. The molecule has 2 unspecified atom stereocenters.